The Morgan fingerprint density at radius 2 is 1.94 bits per heavy atom. The molecule has 0 amide bonds. The molecule has 1 N–H and O–H groups in total. The van der Waals surface area contributed by atoms with Crippen molar-refractivity contribution in [2.45, 2.75) is 19.4 Å². The second kappa shape index (κ2) is 9.39. The van der Waals surface area contributed by atoms with E-state index in [0.29, 0.717) is 18.3 Å². The van der Waals surface area contributed by atoms with Gasteiger partial charge < -0.3 is 19.7 Å². The van der Waals surface area contributed by atoms with Crippen molar-refractivity contribution in [3.8, 4) is 22.6 Å². The largest absolute Gasteiger partial charge is 0.496 e. The van der Waals surface area contributed by atoms with Crippen molar-refractivity contribution in [3.63, 3.8) is 0 Å². The van der Waals surface area contributed by atoms with Gasteiger partial charge in [0.25, 0.3) is 0 Å². The zero-order valence-corrected chi connectivity index (χ0v) is 19.5. The highest BCUT2D eigenvalue weighted by Crippen LogP contribution is 2.35. The van der Waals surface area contributed by atoms with Crippen LogP contribution in [0.25, 0.3) is 11.1 Å². The maximum absolute atomic E-state index is 5.98. The van der Waals surface area contributed by atoms with Crippen LogP contribution < -0.4 is 19.7 Å². The Bertz CT molecular complexity index is 1300. The van der Waals surface area contributed by atoms with E-state index >= 15 is 0 Å². The number of benzene rings is 2. The molecule has 3 heterocycles. The van der Waals surface area contributed by atoms with Gasteiger partial charge >= 0.3 is 0 Å². The molecule has 172 valence electrons. The zero-order valence-electron chi connectivity index (χ0n) is 19.5. The van der Waals surface area contributed by atoms with Crippen molar-refractivity contribution in [1.29, 1.82) is 0 Å². The second-order valence-electron chi connectivity index (χ2n) is 8.37. The molecule has 1 atom stereocenters. The highest BCUT2D eigenvalue weighted by molar-refractivity contribution is 5.74. The summed E-state index contributed by atoms with van der Waals surface area (Å²) in [5.74, 6) is 2.74. The van der Waals surface area contributed by atoms with Crippen LogP contribution >= 0.6 is 0 Å². The number of likely N-dealkylation sites (N-methyl/N-ethyl adjacent to an activating group) is 1. The lowest BCUT2D eigenvalue weighted by Crippen LogP contribution is -2.42. The molecular weight excluding hydrogens is 426 g/mol. The number of pyridine rings is 1. The summed E-state index contributed by atoms with van der Waals surface area (Å²) in [4.78, 5) is 15.7. The summed E-state index contributed by atoms with van der Waals surface area (Å²) in [5.41, 5.74) is 5.13. The molecule has 1 aliphatic rings. The van der Waals surface area contributed by atoms with Crippen molar-refractivity contribution < 1.29 is 9.47 Å². The van der Waals surface area contributed by atoms with Gasteiger partial charge in [-0.05, 0) is 48.7 Å². The lowest BCUT2D eigenvalue weighted by molar-refractivity contribution is 0.262. The molecule has 0 saturated heterocycles. The number of aromatic nitrogens is 3. The van der Waals surface area contributed by atoms with Crippen LogP contribution in [-0.2, 0) is 6.42 Å². The number of hydrogen-bond donors (Lipinski definition) is 1. The average molecular weight is 454 g/mol. The van der Waals surface area contributed by atoms with E-state index in [1.165, 1.54) is 5.56 Å². The quantitative estimate of drug-likeness (QED) is 0.438. The maximum Gasteiger partial charge on any atom is 0.229 e. The molecule has 0 radical (unpaired) electrons. The lowest BCUT2D eigenvalue weighted by Gasteiger charge is -2.34. The molecule has 1 aliphatic heterocycles. The SMILES string of the molecule is COc1cc(Nc2ncc3c(n2)N(C)C(Cc2ccccc2)CO3)ccc1-c1ccnc(C)c1. The molecule has 0 aliphatic carbocycles. The first-order valence-corrected chi connectivity index (χ1v) is 11.3. The van der Waals surface area contributed by atoms with Gasteiger partial charge in [-0.3, -0.25) is 4.98 Å². The fourth-order valence-electron chi connectivity index (χ4n) is 4.18. The van der Waals surface area contributed by atoms with Crippen molar-refractivity contribution in [1.82, 2.24) is 15.0 Å². The minimum absolute atomic E-state index is 0.195. The number of hydrogen-bond acceptors (Lipinski definition) is 7. The molecule has 7 heteroatoms. The smallest absolute Gasteiger partial charge is 0.229 e. The predicted molar refractivity (Wildman–Crippen MR) is 134 cm³/mol. The highest BCUT2D eigenvalue weighted by atomic mass is 16.5. The standard InChI is InChI=1S/C27H27N5O2/c1-18-13-20(11-12-28-18)23-10-9-21(15-24(23)33-3)30-27-29-16-25-26(31-27)32(2)22(17-34-25)14-19-7-5-4-6-8-19/h4-13,15-16,22H,14,17H2,1-3H3,(H,29,30,31). The lowest BCUT2D eigenvalue weighted by atomic mass is 10.0. The number of nitrogens with zero attached hydrogens (tertiary/aromatic N) is 4. The average Bonchev–Trinajstić information content (AvgIpc) is 2.86. The van der Waals surface area contributed by atoms with E-state index < -0.39 is 0 Å². The van der Waals surface area contributed by atoms with Crippen LogP contribution in [0.2, 0.25) is 0 Å². The summed E-state index contributed by atoms with van der Waals surface area (Å²) in [6.07, 6.45) is 4.42. The van der Waals surface area contributed by atoms with Crippen LogP contribution in [0.5, 0.6) is 11.5 Å². The van der Waals surface area contributed by atoms with E-state index in [1.54, 1.807) is 19.5 Å². The fraction of sp³-hybridized carbons (Fsp3) is 0.222. The van der Waals surface area contributed by atoms with Crippen LogP contribution in [0.3, 0.4) is 0 Å². The first kappa shape index (κ1) is 21.7. The second-order valence-corrected chi connectivity index (χ2v) is 8.37. The van der Waals surface area contributed by atoms with Crippen molar-refractivity contribution in [2.75, 3.05) is 31.0 Å². The minimum Gasteiger partial charge on any atom is -0.496 e. The van der Waals surface area contributed by atoms with Gasteiger partial charge in [0.15, 0.2) is 11.6 Å². The number of fused-ring (bicyclic) bond motifs is 1. The topological polar surface area (TPSA) is 72.4 Å². The third-order valence-electron chi connectivity index (χ3n) is 6.03. The molecule has 2 aromatic carbocycles. The molecule has 0 saturated carbocycles. The van der Waals surface area contributed by atoms with Crippen LogP contribution in [0.1, 0.15) is 11.3 Å². The van der Waals surface area contributed by atoms with E-state index in [2.05, 4.69) is 51.5 Å². The van der Waals surface area contributed by atoms with E-state index in [0.717, 1.165) is 40.5 Å². The van der Waals surface area contributed by atoms with Crippen LogP contribution in [0.15, 0.2) is 73.1 Å². The first-order valence-electron chi connectivity index (χ1n) is 11.3. The molecule has 1 unspecified atom stereocenters. The van der Waals surface area contributed by atoms with E-state index in [4.69, 9.17) is 14.5 Å². The monoisotopic (exact) mass is 453 g/mol. The Morgan fingerprint density at radius 3 is 2.74 bits per heavy atom. The van der Waals surface area contributed by atoms with E-state index in [-0.39, 0.29) is 6.04 Å². The summed E-state index contributed by atoms with van der Waals surface area (Å²) in [7, 11) is 3.73. The summed E-state index contributed by atoms with van der Waals surface area (Å²) < 4.78 is 11.6. The van der Waals surface area contributed by atoms with Crippen molar-refractivity contribution in [3.05, 3.63) is 84.3 Å². The van der Waals surface area contributed by atoms with Gasteiger partial charge in [-0.15, -0.1) is 0 Å². The van der Waals surface area contributed by atoms with Crippen molar-refractivity contribution in [2.24, 2.45) is 0 Å². The van der Waals surface area contributed by atoms with E-state index in [1.807, 2.05) is 43.3 Å². The molecule has 4 aromatic rings. The summed E-state index contributed by atoms with van der Waals surface area (Å²) in [5, 5.41) is 3.31. The number of nitrogens with one attached hydrogen (secondary N) is 1. The third-order valence-corrected chi connectivity index (χ3v) is 6.03. The van der Waals surface area contributed by atoms with Gasteiger partial charge in [-0.1, -0.05) is 30.3 Å². The number of rotatable bonds is 6. The fourth-order valence-corrected chi connectivity index (χ4v) is 4.18. The van der Waals surface area contributed by atoms with Gasteiger partial charge in [-0.2, -0.15) is 4.98 Å². The first-order chi connectivity index (χ1) is 16.6. The molecular formula is C27H27N5O2. The van der Waals surface area contributed by atoms with Gasteiger partial charge in [0, 0.05) is 36.3 Å². The van der Waals surface area contributed by atoms with E-state index in [9.17, 15) is 0 Å². The Morgan fingerprint density at radius 1 is 1.09 bits per heavy atom. The number of methoxy groups -OCH3 is 1. The Balaban J connectivity index is 1.37. The maximum atomic E-state index is 5.98. The molecule has 0 fully saturated rings. The van der Waals surface area contributed by atoms with Crippen LogP contribution in [0, 0.1) is 6.92 Å². The normalized spacial score (nSPS) is 14.8. The van der Waals surface area contributed by atoms with Gasteiger partial charge in [0.1, 0.15) is 12.4 Å². The van der Waals surface area contributed by atoms with Crippen LogP contribution in [-0.4, -0.2) is 41.8 Å². The Kier molecular flexibility index (Phi) is 5.99. The molecule has 5 rings (SSSR count). The Labute approximate surface area is 199 Å². The third kappa shape index (κ3) is 4.50. The van der Waals surface area contributed by atoms with Gasteiger partial charge in [0.2, 0.25) is 5.95 Å². The van der Waals surface area contributed by atoms with Crippen LogP contribution in [0.4, 0.5) is 17.5 Å². The molecule has 2 aromatic heterocycles. The predicted octanol–water partition coefficient (Wildman–Crippen LogP) is 5.04. The van der Waals surface area contributed by atoms with Crippen molar-refractivity contribution >= 4 is 17.5 Å². The molecule has 0 spiro atoms. The summed E-state index contributed by atoms with van der Waals surface area (Å²) in [6.45, 7) is 2.58. The molecule has 7 nitrogen and oxygen atoms in total. The highest BCUT2D eigenvalue weighted by Gasteiger charge is 2.27. The summed E-state index contributed by atoms with van der Waals surface area (Å²) in [6, 6.07) is 20.6. The molecule has 0 bridgehead atoms. The minimum atomic E-state index is 0.195. The molecule has 34 heavy (non-hydrogen) atoms. The zero-order chi connectivity index (χ0) is 23.5. The van der Waals surface area contributed by atoms with Gasteiger partial charge in [-0.25, -0.2) is 4.98 Å². The number of anilines is 3. The number of aryl methyl sites for hydroxylation is 1. The summed E-state index contributed by atoms with van der Waals surface area (Å²) >= 11 is 0. The number of ether oxygens (including phenoxy) is 2. The van der Waals surface area contributed by atoms with Gasteiger partial charge in [0.05, 0.1) is 19.3 Å². The Hall–Kier alpha value is -4.13.